The van der Waals surface area contributed by atoms with Crippen LogP contribution < -0.4 is 5.32 Å². The molecule has 0 aromatic rings. The zero-order valence-electron chi connectivity index (χ0n) is 32.9. The van der Waals surface area contributed by atoms with E-state index in [0.29, 0.717) is 19.3 Å². The van der Waals surface area contributed by atoms with Crippen molar-refractivity contribution in [3.8, 4) is 0 Å². The molecule has 0 aliphatic heterocycles. The third kappa shape index (κ3) is 32.4. The zero-order valence-corrected chi connectivity index (χ0v) is 32.9. The lowest BCUT2D eigenvalue weighted by Gasteiger charge is -2.27. The Hall–Kier alpha value is -1.47. The van der Waals surface area contributed by atoms with Crippen LogP contribution in [-0.4, -0.2) is 57.3 Å². The number of aliphatic hydroxyl groups is 4. The number of aliphatic hydroxyl groups excluding tert-OH is 4. The van der Waals surface area contributed by atoms with E-state index in [1.807, 2.05) is 0 Å². The van der Waals surface area contributed by atoms with Crippen molar-refractivity contribution in [2.45, 2.75) is 231 Å². The lowest BCUT2D eigenvalue weighted by atomic mass is 10.00. The normalized spacial score (nSPS) is 14.6. The van der Waals surface area contributed by atoms with Crippen molar-refractivity contribution in [3.05, 3.63) is 36.5 Å². The Bertz CT molecular complexity index is 797. The first-order valence-electron chi connectivity index (χ1n) is 21.4. The van der Waals surface area contributed by atoms with Gasteiger partial charge in [-0.25, -0.2) is 0 Å². The highest BCUT2D eigenvalue weighted by atomic mass is 16.3. The minimum absolute atomic E-state index is 0.356. The van der Waals surface area contributed by atoms with Crippen LogP contribution in [0, 0.1) is 0 Å². The van der Waals surface area contributed by atoms with Gasteiger partial charge in [0.1, 0.15) is 12.2 Å². The average molecular weight is 706 g/mol. The van der Waals surface area contributed by atoms with Crippen molar-refractivity contribution in [2.75, 3.05) is 6.61 Å². The number of carbonyl (C=O) groups excluding carboxylic acids is 1. The summed E-state index contributed by atoms with van der Waals surface area (Å²) in [6, 6.07) is -1.00. The van der Waals surface area contributed by atoms with Gasteiger partial charge in [0.25, 0.3) is 0 Å². The molecular weight excluding hydrogens is 622 g/mol. The lowest BCUT2D eigenvalue weighted by molar-refractivity contribution is -0.132. The van der Waals surface area contributed by atoms with Gasteiger partial charge in [-0.1, -0.05) is 172 Å². The molecule has 4 atom stereocenters. The zero-order chi connectivity index (χ0) is 36.8. The molecule has 294 valence electrons. The second-order valence-corrected chi connectivity index (χ2v) is 14.7. The topological polar surface area (TPSA) is 110 Å². The van der Waals surface area contributed by atoms with E-state index in [4.69, 9.17) is 0 Å². The number of carbonyl (C=O) groups is 1. The molecule has 50 heavy (non-hydrogen) atoms. The van der Waals surface area contributed by atoms with Crippen LogP contribution in [0.15, 0.2) is 36.5 Å². The Morgan fingerprint density at radius 3 is 1.32 bits per heavy atom. The molecule has 0 radical (unpaired) electrons. The van der Waals surface area contributed by atoms with Crippen molar-refractivity contribution < 1.29 is 25.2 Å². The Morgan fingerprint density at radius 2 is 0.880 bits per heavy atom. The van der Waals surface area contributed by atoms with E-state index in [2.05, 4.69) is 55.6 Å². The van der Waals surface area contributed by atoms with Gasteiger partial charge in [0.2, 0.25) is 5.91 Å². The molecular formula is C44H83NO5. The number of hydrogen-bond donors (Lipinski definition) is 5. The highest BCUT2D eigenvalue weighted by molar-refractivity contribution is 5.80. The first-order valence-corrected chi connectivity index (χ1v) is 21.4. The standard InChI is InChI=1S/C44H83NO5/c1-3-5-7-9-11-13-15-16-17-18-19-20-21-22-23-24-25-26-27-28-30-32-34-36-38-42(48)44(50)45-40(39-46)43(49)41(47)37-35-33-31-29-14-12-10-8-6-4-2/h19-20,22-23,29,31,40-43,46-49H,3-18,21,24-28,30,32-39H2,1-2H3,(H,45,50)/b20-19-,23-22-,31-29+. The van der Waals surface area contributed by atoms with E-state index in [-0.39, 0.29) is 0 Å². The van der Waals surface area contributed by atoms with Gasteiger partial charge in [0.15, 0.2) is 0 Å². The predicted molar refractivity (Wildman–Crippen MR) is 214 cm³/mol. The van der Waals surface area contributed by atoms with Crippen LogP contribution in [0.4, 0.5) is 0 Å². The molecule has 0 rings (SSSR count). The summed E-state index contributed by atoms with van der Waals surface area (Å²) in [6.45, 7) is 4.00. The first-order chi connectivity index (χ1) is 24.5. The summed E-state index contributed by atoms with van der Waals surface area (Å²) in [6.07, 6.45) is 44.7. The maximum atomic E-state index is 12.5. The summed E-state index contributed by atoms with van der Waals surface area (Å²) in [7, 11) is 0. The molecule has 5 N–H and O–H groups in total. The highest BCUT2D eigenvalue weighted by Crippen LogP contribution is 2.14. The molecule has 0 aromatic heterocycles. The number of allylic oxidation sites excluding steroid dienone is 6. The maximum absolute atomic E-state index is 12.5. The van der Waals surface area contributed by atoms with Crippen molar-refractivity contribution in [3.63, 3.8) is 0 Å². The fourth-order valence-corrected chi connectivity index (χ4v) is 6.37. The van der Waals surface area contributed by atoms with Crippen LogP contribution in [-0.2, 0) is 4.79 Å². The summed E-state index contributed by atoms with van der Waals surface area (Å²) in [5.74, 6) is -0.601. The summed E-state index contributed by atoms with van der Waals surface area (Å²) >= 11 is 0. The molecule has 0 aliphatic rings. The second-order valence-electron chi connectivity index (χ2n) is 14.7. The average Bonchev–Trinajstić information content (AvgIpc) is 3.12. The molecule has 6 heteroatoms. The molecule has 0 bridgehead atoms. The molecule has 6 nitrogen and oxygen atoms in total. The number of rotatable bonds is 38. The fraction of sp³-hybridized carbons (Fsp3) is 0.841. The molecule has 0 heterocycles. The minimum Gasteiger partial charge on any atom is -0.394 e. The van der Waals surface area contributed by atoms with Gasteiger partial charge in [-0.05, 0) is 70.6 Å². The van der Waals surface area contributed by atoms with Crippen molar-refractivity contribution in [1.82, 2.24) is 5.32 Å². The predicted octanol–water partition coefficient (Wildman–Crippen LogP) is 11.0. The van der Waals surface area contributed by atoms with E-state index in [9.17, 15) is 25.2 Å². The maximum Gasteiger partial charge on any atom is 0.249 e. The summed E-state index contributed by atoms with van der Waals surface area (Å²) < 4.78 is 0. The lowest BCUT2D eigenvalue weighted by Crippen LogP contribution is -2.53. The molecule has 0 saturated carbocycles. The Labute approximate surface area is 309 Å². The van der Waals surface area contributed by atoms with E-state index >= 15 is 0 Å². The molecule has 0 saturated heterocycles. The van der Waals surface area contributed by atoms with Gasteiger partial charge in [-0.3, -0.25) is 4.79 Å². The number of nitrogens with one attached hydrogen (secondary N) is 1. The quantitative estimate of drug-likeness (QED) is 0.0324. The van der Waals surface area contributed by atoms with Gasteiger partial charge in [-0.2, -0.15) is 0 Å². The first kappa shape index (κ1) is 48.5. The SMILES string of the molecule is CCCCCCC/C=C/CCCC(O)C(O)C(CO)NC(=O)C(O)CCCCCCCCCC/C=C\C/C=C\CCCCCCCCCCC. The summed E-state index contributed by atoms with van der Waals surface area (Å²) in [4.78, 5) is 12.5. The molecule has 4 unspecified atom stereocenters. The summed E-state index contributed by atoms with van der Waals surface area (Å²) in [5, 5.41) is 43.4. The van der Waals surface area contributed by atoms with E-state index in [0.717, 1.165) is 44.9 Å². The van der Waals surface area contributed by atoms with E-state index in [1.54, 1.807) is 0 Å². The van der Waals surface area contributed by atoms with Gasteiger partial charge in [-0.15, -0.1) is 0 Å². The van der Waals surface area contributed by atoms with E-state index in [1.165, 1.54) is 128 Å². The number of amides is 1. The molecule has 0 aromatic carbocycles. The van der Waals surface area contributed by atoms with Crippen molar-refractivity contribution in [1.29, 1.82) is 0 Å². The largest absolute Gasteiger partial charge is 0.394 e. The number of hydrogen-bond acceptors (Lipinski definition) is 5. The van der Waals surface area contributed by atoms with Crippen molar-refractivity contribution in [2.24, 2.45) is 0 Å². The Kier molecular flexibility index (Phi) is 37.6. The van der Waals surface area contributed by atoms with Crippen LogP contribution in [0.3, 0.4) is 0 Å². The van der Waals surface area contributed by atoms with Gasteiger partial charge in [0, 0.05) is 0 Å². The fourth-order valence-electron chi connectivity index (χ4n) is 6.37. The Balaban J connectivity index is 3.74. The van der Waals surface area contributed by atoms with Gasteiger partial charge < -0.3 is 25.7 Å². The van der Waals surface area contributed by atoms with Crippen LogP contribution in [0.1, 0.15) is 206 Å². The molecule has 0 spiro atoms. The third-order valence-electron chi connectivity index (χ3n) is 9.82. The van der Waals surface area contributed by atoms with Gasteiger partial charge >= 0.3 is 0 Å². The van der Waals surface area contributed by atoms with Crippen LogP contribution in [0.5, 0.6) is 0 Å². The van der Waals surface area contributed by atoms with Gasteiger partial charge in [0.05, 0.1) is 18.8 Å². The van der Waals surface area contributed by atoms with Crippen LogP contribution in [0.25, 0.3) is 0 Å². The smallest absolute Gasteiger partial charge is 0.249 e. The third-order valence-corrected chi connectivity index (χ3v) is 9.82. The minimum atomic E-state index is -1.28. The second kappa shape index (κ2) is 38.8. The van der Waals surface area contributed by atoms with Crippen molar-refractivity contribution >= 4 is 5.91 Å². The molecule has 0 fully saturated rings. The monoisotopic (exact) mass is 706 g/mol. The molecule has 1 amide bonds. The van der Waals surface area contributed by atoms with Crippen LogP contribution >= 0.6 is 0 Å². The van der Waals surface area contributed by atoms with Crippen LogP contribution in [0.2, 0.25) is 0 Å². The summed E-state index contributed by atoms with van der Waals surface area (Å²) in [5.41, 5.74) is 0. The van der Waals surface area contributed by atoms with E-state index < -0.39 is 36.9 Å². The molecule has 0 aliphatic carbocycles. The number of unbranched alkanes of at least 4 members (excludes halogenated alkanes) is 23. The Morgan fingerprint density at radius 1 is 0.500 bits per heavy atom. The highest BCUT2D eigenvalue weighted by Gasteiger charge is 2.28.